The van der Waals surface area contributed by atoms with E-state index in [2.05, 4.69) is 43.8 Å². The Hall–Kier alpha value is -1.53. The zero-order valence-electron chi connectivity index (χ0n) is 13.2. The van der Waals surface area contributed by atoms with Crippen LogP contribution in [0.3, 0.4) is 0 Å². The first-order valence-electron chi connectivity index (χ1n) is 7.09. The monoisotopic (exact) mass is 440 g/mol. The normalized spacial score (nSPS) is 10.8. The number of aliphatic imine (C=N–C) groups is 1. The predicted molar refractivity (Wildman–Crippen MR) is 101 cm³/mol. The summed E-state index contributed by atoms with van der Waals surface area (Å²) in [5.74, 6) is 1.96. The highest BCUT2D eigenvalue weighted by Gasteiger charge is 2.12. The van der Waals surface area contributed by atoms with E-state index in [0.717, 1.165) is 26.9 Å². The Labute approximate surface area is 153 Å². The van der Waals surface area contributed by atoms with E-state index >= 15 is 0 Å². The number of para-hydroxylation sites is 1. The molecule has 23 heavy (non-hydrogen) atoms. The first kappa shape index (κ1) is 17.8. The maximum absolute atomic E-state index is 5.95. The lowest BCUT2D eigenvalue weighted by Crippen LogP contribution is -2.14. The molecule has 0 aliphatic rings. The molecule has 0 bridgehead atoms. The fourth-order valence-corrected chi connectivity index (χ4v) is 2.54. The van der Waals surface area contributed by atoms with Gasteiger partial charge in [-0.1, -0.05) is 12.1 Å². The number of hydrogen-bond donors (Lipinski definition) is 0. The average molecular weight is 442 g/mol. The summed E-state index contributed by atoms with van der Waals surface area (Å²) in [7, 11) is 3.58. The van der Waals surface area contributed by atoms with Gasteiger partial charge in [0.2, 0.25) is 0 Å². The zero-order chi connectivity index (χ0) is 16.8. The van der Waals surface area contributed by atoms with Crippen molar-refractivity contribution in [1.82, 2.24) is 4.90 Å². The molecule has 0 atom stereocenters. The number of hydrogen-bond acceptors (Lipinski definition) is 3. The van der Waals surface area contributed by atoms with Gasteiger partial charge in [0, 0.05) is 30.2 Å². The van der Waals surface area contributed by atoms with Gasteiger partial charge in [-0.05, 0) is 50.9 Å². The van der Waals surface area contributed by atoms with Crippen molar-refractivity contribution in [2.24, 2.45) is 4.99 Å². The van der Waals surface area contributed by atoms with Crippen LogP contribution in [-0.2, 0) is 0 Å². The molecule has 2 rings (SSSR count). The second kappa shape index (κ2) is 8.36. The van der Waals surface area contributed by atoms with Gasteiger partial charge in [0.15, 0.2) is 11.5 Å². The van der Waals surface area contributed by atoms with E-state index in [0.29, 0.717) is 11.5 Å². The second-order valence-corrected chi connectivity index (χ2v) is 6.51. The molecule has 0 aliphatic carbocycles. The van der Waals surface area contributed by atoms with Gasteiger partial charge in [0.1, 0.15) is 5.75 Å². The molecule has 2 aromatic carbocycles. The van der Waals surface area contributed by atoms with Gasteiger partial charge < -0.3 is 14.4 Å². The Morgan fingerprint density at radius 2 is 1.83 bits per heavy atom. The molecule has 2 aromatic rings. The maximum Gasteiger partial charge on any atom is 0.170 e. The Morgan fingerprint density at radius 3 is 2.48 bits per heavy atom. The summed E-state index contributed by atoms with van der Waals surface area (Å²) in [6, 6.07) is 11.4. The fourth-order valence-electron chi connectivity index (χ4n) is 1.75. The van der Waals surface area contributed by atoms with Crippen molar-refractivity contribution in [3.8, 4) is 17.2 Å². The number of nitrogens with zero attached hydrogens (tertiary/aromatic N) is 2. The summed E-state index contributed by atoms with van der Waals surface area (Å²) in [5.41, 5.74) is 0.779. The molecular weight excluding hydrogens is 424 g/mol. The molecule has 0 unspecified atom stereocenters. The van der Waals surface area contributed by atoms with Crippen LogP contribution < -0.4 is 9.47 Å². The first-order chi connectivity index (χ1) is 11.0. The minimum atomic E-state index is 0.620. The molecule has 6 heteroatoms. The Bertz CT molecular complexity index is 705. The molecule has 0 saturated heterocycles. The van der Waals surface area contributed by atoms with Gasteiger partial charge in [-0.2, -0.15) is 0 Å². The SMILES string of the molecule is CCN(C)C=Nc1cc(OC)c(Oc2ccccc2Br)cc1Br. The molecule has 0 radical (unpaired) electrons. The van der Waals surface area contributed by atoms with Crippen LogP contribution in [0.5, 0.6) is 17.2 Å². The van der Waals surface area contributed by atoms with Gasteiger partial charge in [-0.3, -0.25) is 0 Å². The van der Waals surface area contributed by atoms with Crippen LogP contribution in [0.25, 0.3) is 0 Å². The van der Waals surface area contributed by atoms with E-state index in [1.807, 2.05) is 48.3 Å². The van der Waals surface area contributed by atoms with Crippen LogP contribution in [0.4, 0.5) is 5.69 Å². The number of ether oxygens (including phenoxy) is 2. The molecule has 0 aromatic heterocycles. The molecule has 122 valence electrons. The van der Waals surface area contributed by atoms with Crippen molar-refractivity contribution in [2.45, 2.75) is 6.92 Å². The molecule has 0 fully saturated rings. The topological polar surface area (TPSA) is 34.1 Å². The van der Waals surface area contributed by atoms with Gasteiger partial charge >= 0.3 is 0 Å². The second-order valence-electron chi connectivity index (χ2n) is 4.80. The molecule has 0 aliphatic heterocycles. The van der Waals surface area contributed by atoms with E-state index in [1.54, 1.807) is 13.4 Å². The number of rotatable bonds is 6. The van der Waals surface area contributed by atoms with Crippen molar-refractivity contribution in [2.75, 3.05) is 20.7 Å². The smallest absolute Gasteiger partial charge is 0.170 e. The van der Waals surface area contributed by atoms with E-state index in [1.165, 1.54) is 0 Å². The molecule has 0 amide bonds. The summed E-state index contributed by atoms with van der Waals surface area (Å²) in [6.07, 6.45) is 1.79. The van der Waals surface area contributed by atoms with Crippen molar-refractivity contribution < 1.29 is 9.47 Å². The van der Waals surface area contributed by atoms with Crippen molar-refractivity contribution in [3.05, 3.63) is 45.3 Å². The third-order valence-electron chi connectivity index (χ3n) is 3.18. The quantitative estimate of drug-likeness (QED) is 0.430. The Balaban J connectivity index is 2.33. The fraction of sp³-hybridized carbons (Fsp3) is 0.235. The van der Waals surface area contributed by atoms with Gasteiger partial charge in [0.05, 0.1) is 23.6 Å². The summed E-state index contributed by atoms with van der Waals surface area (Å²) >= 11 is 7.01. The molecular formula is C17H18Br2N2O2. The van der Waals surface area contributed by atoms with Crippen LogP contribution in [0.2, 0.25) is 0 Å². The minimum Gasteiger partial charge on any atom is -0.493 e. The maximum atomic E-state index is 5.95. The average Bonchev–Trinajstić information content (AvgIpc) is 2.55. The van der Waals surface area contributed by atoms with Crippen molar-refractivity contribution in [1.29, 1.82) is 0 Å². The molecule has 0 saturated carbocycles. The van der Waals surface area contributed by atoms with E-state index < -0.39 is 0 Å². The summed E-state index contributed by atoms with van der Waals surface area (Å²) < 4.78 is 13.1. The van der Waals surface area contributed by atoms with Crippen molar-refractivity contribution >= 4 is 43.9 Å². The lowest BCUT2D eigenvalue weighted by atomic mass is 10.2. The molecule has 0 N–H and O–H groups in total. The van der Waals surface area contributed by atoms with Gasteiger partial charge in [0.25, 0.3) is 0 Å². The first-order valence-corrected chi connectivity index (χ1v) is 8.68. The van der Waals surface area contributed by atoms with Crippen LogP contribution in [0.15, 0.2) is 50.3 Å². The third-order valence-corrected chi connectivity index (χ3v) is 4.47. The molecule has 0 spiro atoms. The standard InChI is InChI=1S/C17H18Br2N2O2/c1-4-21(2)11-20-14-10-16(22-3)17(9-13(14)19)23-15-8-6-5-7-12(15)18/h5-11H,4H2,1-3H3. The molecule has 0 heterocycles. The van der Waals surface area contributed by atoms with E-state index in [9.17, 15) is 0 Å². The van der Waals surface area contributed by atoms with Crippen LogP contribution in [0, 0.1) is 0 Å². The highest BCUT2D eigenvalue weighted by molar-refractivity contribution is 9.11. The highest BCUT2D eigenvalue weighted by Crippen LogP contribution is 2.41. The summed E-state index contributed by atoms with van der Waals surface area (Å²) in [6.45, 7) is 2.96. The van der Waals surface area contributed by atoms with E-state index in [4.69, 9.17) is 9.47 Å². The molecule has 4 nitrogen and oxygen atoms in total. The highest BCUT2D eigenvalue weighted by atomic mass is 79.9. The summed E-state index contributed by atoms with van der Waals surface area (Å²) in [5, 5.41) is 0. The van der Waals surface area contributed by atoms with E-state index in [-0.39, 0.29) is 0 Å². The number of methoxy groups -OCH3 is 1. The number of halogens is 2. The number of benzene rings is 2. The minimum absolute atomic E-state index is 0.620. The lowest BCUT2D eigenvalue weighted by molar-refractivity contribution is 0.378. The van der Waals surface area contributed by atoms with Gasteiger partial charge in [-0.25, -0.2) is 4.99 Å². The van der Waals surface area contributed by atoms with Crippen LogP contribution in [-0.4, -0.2) is 31.9 Å². The van der Waals surface area contributed by atoms with Crippen molar-refractivity contribution in [3.63, 3.8) is 0 Å². The zero-order valence-corrected chi connectivity index (χ0v) is 16.4. The predicted octanol–water partition coefficient (Wildman–Crippen LogP) is 5.62. The van der Waals surface area contributed by atoms with Gasteiger partial charge in [-0.15, -0.1) is 0 Å². The Morgan fingerprint density at radius 1 is 1.09 bits per heavy atom. The Kier molecular flexibility index (Phi) is 6.47. The van der Waals surface area contributed by atoms with Crippen LogP contribution in [0.1, 0.15) is 6.92 Å². The largest absolute Gasteiger partial charge is 0.493 e. The third kappa shape index (κ3) is 4.72. The van der Waals surface area contributed by atoms with Crippen LogP contribution >= 0.6 is 31.9 Å². The summed E-state index contributed by atoms with van der Waals surface area (Å²) in [4.78, 5) is 6.45. The lowest BCUT2D eigenvalue weighted by Gasteiger charge is -2.14.